The molecule has 1 N–H and O–H groups in total. The SMILES string of the molecule is [C-]#[N+]c1ccc(C2=CC(c3ccccc3C(=O)NCCc3ccccn3)=NC2)cc1. The summed E-state index contributed by atoms with van der Waals surface area (Å²) in [7, 11) is 0. The Morgan fingerprint density at radius 1 is 1.03 bits per heavy atom. The van der Waals surface area contributed by atoms with Crippen LogP contribution in [-0.2, 0) is 6.42 Å². The van der Waals surface area contributed by atoms with Crippen molar-refractivity contribution in [2.45, 2.75) is 6.42 Å². The maximum atomic E-state index is 12.8. The molecule has 2 heterocycles. The third kappa shape index (κ3) is 4.34. The summed E-state index contributed by atoms with van der Waals surface area (Å²) in [5, 5.41) is 2.98. The minimum absolute atomic E-state index is 0.118. The third-order valence-corrected chi connectivity index (χ3v) is 4.94. The standard InChI is InChI=1S/C25H20N4O/c1-26-20-11-9-18(10-12-20)19-16-24(29-17-19)22-7-2-3-8-23(22)25(30)28-15-13-21-6-4-5-14-27-21/h2-12,14,16H,13,15,17H2,(H,28,30). The Labute approximate surface area is 175 Å². The van der Waals surface area contributed by atoms with Gasteiger partial charge in [0.2, 0.25) is 0 Å². The summed E-state index contributed by atoms with van der Waals surface area (Å²) in [4.78, 5) is 25.2. The summed E-state index contributed by atoms with van der Waals surface area (Å²) < 4.78 is 0. The quantitative estimate of drug-likeness (QED) is 0.629. The van der Waals surface area contributed by atoms with Gasteiger partial charge in [-0.1, -0.05) is 48.5 Å². The zero-order valence-electron chi connectivity index (χ0n) is 16.4. The Morgan fingerprint density at radius 3 is 2.60 bits per heavy atom. The van der Waals surface area contributed by atoms with Crippen LogP contribution in [0.25, 0.3) is 10.4 Å². The highest BCUT2D eigenvalue weighted by Gasteiger charge is 2.18. The van der Waals surface area contributed by atoms with Crippen molar-refractivity contribution in [2.75, 3.05) is 13.1 Å². The first-order valence-electron chi connectivity index (χ1n) is 9.75. The normalized spacial score (nSPS) is 12.6. The molecule has 0 fully saturated rings. The smallest absolute Gasteiger partial charge is 0.251 e. The largest absolute Gasteiger partial charge is 0.352 e. The Morgan fingerprint density at radius 2 is 1.83 bits per heavy atom. The van der Waals surface area contributed by atoms with Crippen LogP contribution >= 0.6 is 0 Å². The van der Waals surface area contributed by atoms with Crippen molar-refractivity contribution in [3.63, 3.8) is 0 Å². The Bertz CT molecular complexity index is 1160. The van der Waals surface area contributed by atoms with Gasteiger partial charge >= 0.3 is 0 Å². The summed E-state index contributed by atoms with van der Waals surface area (Å²) in [5.41, 5.74) is 5.91. The number of hydrogen-bond acceptors (Lipinski definition) is 3. The summed E-state index contributed by atoms with van der Waals surface area (Å²) >= 11 is 0. The van der Waals surface area contributed by atoms with E-state index in [-0.39, 0.29) is 5.91 Å². The first-order valence-corrected chi connectivity index (χ1v) is 9.75. The summed E-state index contributed by atoms with van der Waals surface area (Å²) in [6.45, 7) is 8.15. The number of pyridine rings is 1. The molecule has 1 aromatic heterocycles. The highest BCUT2D eigenvalue weighted by atomic mass is 16.1. The van der Waals surface area contributed by atoms with Crippen molar-refractivity contribution < 1.29 is 4.79 Å². The maximum Gasteiger partial charge on any atom is 0.251 e. The van der Waals surface area contributed by atoms with Gasteiger partial charge in [0.25, 0.3) is 5.91 Å². The lowest BCUT2D eigenvalue weighted by Crippen LogP contribution is -2.27. The van der Waals surface area contributed by atoms with Gasteiger partial charge in [-0.05, 0) is 35.4 Å². The third-order valence-electron chi connectivity index (χ3n) is 4.94. The van der Waals surface area contributed by atoms with Gasteiger partial charge in [-0.25, -0.2) is 4.85 Å². The molecule has 2 aromatic carbocycles. The van der Waals surface area contributed by atoms with Crippen LogP contribution in [0.2, 0.25) is 0 Å². The minimum Gasteiger partial charge on any atom is -0.352 e. The number of nitrogens with zero attached hydrogens (tertiary/aromatic N) is 3. The fourth-order valence-electron chi connectivity index (χ4n) is 3.36. The number of allylic oxidation sites excluding steroid dienone is 1. The van der Waals surface area contributed by atoms with Crippen molar-refractivity contribution in [3.05, 3.63) is 113 Å². The van der Waals surface area contributed by atoms with E-state index in [1.165, 1.54) is 0 Å². The molecule has 30 heavy (non-hydrogen) atoms. The lowest BCUT2D eigenvalue weighted by Gasteiger charge is -2.09. The van der Waals surface area contributed by atoms with Crippen LogP contribution in [0.4, 0.5) is 5.69 Å². The van der Waals surface area contributed by atoms with Gasteiger partial charge < -0.3 is 5.32 Å². The number of aliphatic imine (C=N–C) groups is 1. The molecule has 0 atom stereocenters. The molecule has 3 aromatic rings. The molecule has 0 radical (unpaired) electrons. The first kappa shape index (κ1) is 19.3. The molecule has 1 aliphatic rings. The molecule has 5 nitrogen and oxygen atoms in total. The second-order valence-electron chi connectivity index (χ2n) is 6.90. The minimum atomic E-state index is -0.118. The van der Waals surface area contributed by atoms with E-state index < -0.39 is 0 Å². The van der Waals surface area contributed by atoms with Gasteiger partial charge in [0.1, 0.15) is 0 Å². The zero-order chi connectivity index (χ0) is 20.8. The van der Waals surface area contributed by atoms with E-state index in [0.29, 0.717) is 30.8 Å². The van der Waals surface area contributed by atoms with E-state index in [0.717, 1.165) is 28.1 Å². The Kier molecular flexibility index (Phi) is 5.77. The van der Waals surface area contributed by atoms with Gasteiger partial charge in [0, 0.05) is 36.0 Å². The Balaban J connectivity index is 1.48. The average Bonchev–Trinajstić information content (AvgIpc) is 3.30. The molecule has 5 heteroatoms. The molecule has 0 bridgehead atoms. The average molecular weight is 392 g/mol. The molecule has 0 saturated carbocycles. The number of amides is 1. The number of aromatic nitrogens is 1. The molecular formula is C25H20N4O. The molecule has 146 valence electrons. The monoisotopic (exact) mass is 392 g/mol. The number of rotatable bonds is 6. The Hall–Kier alpha value is -4.04. The van der Waals surface area contributed by atoms with Gasteiger partial charge in [-0.15, -0.1) is 0 Å². The fraction of sp³-hybridized carbons (Fsp3) is 0.120. The second-order valence-corrected chi connectivity index (χ2v) is 6.90. The lowest BCUT2D eigenvalue weighted by atomic mass is 10.00. The highest BCUT2D eigenvalue weighted by Crippen LogP contribution is 2.25. The molecule has 1 aliphatic heterocycles. The molecule has 0 spiro atoms. The molecule has 1 amide bonds. The van der Waals surface area contributed by atoms with Crippen LogP contribution in [0.15, 0.2) is 84.0 Å². The van der Waals surface area contributed by atoms with Crippen LogP contribution in [-0.4, -0.2) is 29.7 Å². The van der Waals surface area contributed by atoms with E-state index in [1.54, 1.807) is 6.20 Å². The number of carbonyl (C=O) groups is 1. The van der Waals surface area contributed by atoms with E-state index in [9.17, 15) is 4.79 Å². The molecule has 4 rings (SSSR count). The van der Waals surface area contributed by atoms with Crippen LogP contribution < -0.4 is 5.32 Å². The number of carbonyl (C=O) groups excluding carboxylic acids is 1. The highest BCUT2D eigenvalue weighted by molar-refractivity contribution is 6.19. The predicted molar refractivity (Wildman–Crippen MR) is 119 cm³/mol. The topological polar surface area (TPSA) is 58.7 Å². The second kappa shape index (κ2) is 8.97. The summed E-state index contributed by atoms with van der Waals surface area (Å²) in [6, 6.07) is 20.8. The molecular weight excluding hydrogens is 372 g/mol. The van der Waals surface area contributed by atoms with Gasteiger partial charge in [0.15, 0.2) is 5.69 Å². The summed E-state index contributed by atoms with van der Waals surface area (Å²) in [5.74, 6) is -0.118. The van der Waals surface area contributed by atoms with Crippen LogP contribution in [0.3, 0.4) is 0 Å². The van der Waals surface area contributed by atoms with Crippen LogP contribution in [0.5, 0.6) is 0 Å². The van der Waals surface area contributed by atoms with Crippen molar-refractivity contribution in [2.24, 2.45) is 4.99 Å². The summed E-state index contributed by atoms with van der Waals surface area (Å²) in [6.07, 6.45) is 4.46. The van der Waals surface area contributed by atoms with Gasteiger partial charge in [0.05, 0.1) is 18.8 Å². The van der Waals surface area contributed by atoms with E-state index in [2.05, 4.69) is 20.1 Å². The van der Waals surface area contributed by atoms with Gasteiger partial charge in [-0.3, -0.25) is 14.8 Å². The van der Waals surface area contributed by atoms with Crippen molar-refractivity contribution >= 4 is 22.9 Å². The molecule has 0 aliphatic carbocycles. The van der Waals surface area contributed by atoms with E-state index >= 15 is 0 Å². The van der Waals surface area contributed by atoms with E-state index in [1.807, 2.05) is 72.8 Å². The van der Waals surface area contributed by atoms with Crippen molar-refractivity contribution in [1.29, 1.82) is 0 Å². The van der Waals surface area contributed by atoms with Crippen molar-refractivity contribution in [1.82, 2.24) is 10.3 Å². The molecule has 0 unspecified atom stereocenters. The lowest BCUT2D eigenvalue weighted by molar-refractivity contribution is 0.0954. The fourth-order valence-corrected chi connectivity index (χ4v) is 3.36. The van der Waals surface area contributed by atoms with E-state index in [4.69, 9.17) is 6.57 Å². The van der Waals surface area contributed by atoms with Gasteiger partial charge in [-0.2, -0.15) is 0 Å². The van der Waals surface area contributed by atoms with Crippen molar-refractivity contribution in [3.8, 4) is 0 Å². The first-order chi connectivity index (χ1) is 14.7. The number of nitrogens with one attached hydrogen (secondary N) is 1. The number of benzene rings is 2. The maximum absolute atomic E-state index is 12.8. The number of hydrogen-bond donors (Lipinski definition) is 1. The van der Waals surface area contributed by atoms with Crippen LogP contribution in [0.1, 0.15) is 27.2 Å². The zero-order valence-corrected chi connectivity index (χ0v) is 16.4. The molecule has 0 saturated heterocycles. The van der Waals surface area contributed by atoms with Crippen LogP contribution in [0, 0.1) is 6.57 Å². The predicted octanol–water partition coefficient (Wildman–Crippen LogP) is 4.49.